The summed E-state index contributed by atoms with van der Waals surface area (Å²) in [5.41, 5.74) is 0.515. The molecule has 2 fully saturated rings. The normalized spacial score (nSPS) is 18.8. The maximum absolute atomic E-state index is 13.9. The van der Waals surface area contributed by atoms with Gasteiger partial charge in [-0.25, -0.2) is 4.39 Å². The molecular formula is C28H32FN3O5S. The molecule has 4 heterocycles. The molecule has 1 aromatic carbocycles. The molecule has 1 N–H and O–H groups in total. The van der Waals surface area contributed by atoms with E-state index < -0.39 is 17.8 Å². The van der Waals surface area contributed by atoms with Crippen molar-refractivity contribution in [3.8, 4) is 0 Å². The van der Waals surface area contributed by atoms with E-state index >= 15 is 0 Å². The number of benzene rings is 1. The standard InChI is InChI=1S/C28H32FN3O5S/c29-21-7-5-20(6-8-21)26(27(33)30-17-22-3-1-13-36-22)32(19-24-4-2-16-38-24)28(34)25-10-9-23(37-25)18-31-11-14-35-15-12-31/h2,4-10,16,22,26H,1,3,11-15,17-19H2,(H,30,33)/t22-,26-/m0/s1. The van der Waals surface area contributed by atoms with E-state index in [2.05, 4.69) is 10.2 Å². The number of halogens is 1. The molecule has 2 amide bonds. The van der Waals surface area contributed by atoms with E-state index in [0.717, 1.165) is 30.8 Å². The summed E-state index contributed by atoms with van der Waals surface area (Å²) in [5.74, 6) is -0.344. The molecule has 2 aliphatic rings. The fraction of sp³-hybridized carbons (Fsp3) is 0.429. The third-order valence-corrected chi connectivity index (χ3v) is 7.66. The minimum Gasteiger partial charge on any atom is -0.455 e. The van der Waals surface area contributed by atoms with Gasteiger partial charge in [-0.05, 0) is 54.1 Å². The highest BCUT2D eigenvalue weighted by atomic mass is 32.1. The number of amides is 2. The number of nitrogens with zero attached hydrogens (tertiary/aromatic N) is 2. The first-order valence-corrected chi connectivity index (χ1v) is 13.8. The molecule has 5 rings (SSSR count). The second kappa shape index (κ2) is 12.7. The van der Waals surface area contributed by atoms with Gasteiger partial charge in [-0.15, -0.1) is 11.3 Å². The lowest BCUT2D eigenvalue weighted by Gasteiger charge is -2.31. The molecule has 2 aromatic heterocycles. The zero-order chi connectivity index (χ0) is 26.3. The predicted octanol–water partition coefficient (Wildman–Crippen LogP) is 3.99. The van der Waals surface area contributed by atoms with Gasteiger partial charge in [-0.3, -0.25) is 14.5 Å². The van der Waals surface area contributed by atoms with Gasteiger partial charge in [-0.2, -0.15) is 0 Å². The Morgan fingerprint density at radius 3 is 2.63 bits per heavy atom. The van der Waals surface area contributed by atoms with E-state index in [9.17, 15) is 14.0 Å². The van der Waals surface area contributed by atoms with Crippen LogP contribution in [0.4, 0.5) is 4.39 Å². The Morgan fingerprint density at radius 2 is 1.92 bits per heavy atom. The van der Waals surface area contributed by atoms with Crippen molar-refractivity contribution in [1.29, 1.82) is 0 Å². The molecule has 0 spiro atoms. The molecule has 0 aliphatic carbocycles. The van der Waals surface area contributed by atoms with Crippen LogP contribution in [0.25, 0.3) is 0 Å². The molecular weight excluding hydrogens is 509 g/mol. The minimum absolute atomic E-state index is 0.0536. The van der Waals surface area contributed by atoms with Gasteiger partial charge in [0.25, 0.3) is 5.91 Å². The summed E-state index contributed by atoms with van der Waals surface area (Å²) in [6.07, 6.45) is 1.77. The van der Waals surface area contributed by atoms with Crippen molar-refractivity contribution < 1.29 is 27.9 Å². The molecule has 2 aliphatic heterocycles. The highest BCUT2D eigenvalue weighted by molar-refractivity contribution is 7.09. The van der Waals surface area contributed by atoms with Crippen molar-refractivity contribution in [1.82, 2.24) is 15.1 Å². The van der Waals surface area contributed by atoms with Gasteiger partial charge in [0.1, 0.15) is 17.6 Å². The van der Waals surface area contributed by atoms with Gasteiger partial charge < -0.3 is 24.1 Å². The molecule has 0 radical (unpaired) electrons. The van der Waals surface area contributed by atoms with E-state index in [0.29, 0.717) is 44.2 Å². The summed E-state index contributed by atoms with van der Waals surface area (Å²) >= 11 is 1.50. The third kappa shape index (κ3) is 6.68. The van der Waals surface area contributed by atoms with Crippen LogP contribution in [0.3, 0.4) is 0 Å². The van der Waals surface area contributed by atoms with Gasteiger partial charge in [0.15, 0.2) is 5.76 Å². The number of furan rings is 1. The fourth-order valence-corrected chi connectivity index (χ4v) is 5.49. The van der Waals surface area contributed by atoms with Crippen LogP contribution in [0.5, 0.6) is 0 Å². The average molecular weight is 542 g/mol. The van der Waals surface area contributed by atoms with Crippen LogP contribution in [0.15, 0.2) is 58.3 Å². The van der Waals surface area contributed by atoms with E-state index in [-0.39, 0.29) is 24.3 Å². The molecule has 3 aromatic rings. The quantitative estimate of drug-likeness (QED) is 0.418. The molecule has 0 unspecified atom stereocenters. The summed E-state index contributed by atoms with van der Waals surface area (Å²) in [4.78, 5) is 32.2. The van der Waals surface area contributed by atoms with Crippen molar-refractivity contribution in [2.45, 2.75) is 38.1 Å². The van der Waals surface area contributed by atoms with Gasteiger partial charge in [-0.1, -0.05) is 18.2 Å². The van der Waals surface area contributed by atoms with Crippen molar-refractivity contribution in [3.63, 3.8) is 0 Å². The second-order valence-electron chi connectivity index (χ2n) is 9.50. The SMILES string of the molecule is O=C(NC[C@@H]1CCCO1)[C@H](c1ccc(F)cc1)N(Cc1cccs1)C(=O)c1ccc(CN2CCOCC2)o1. The summed E-state index contributed by atoms with van der Waals surface area (Å²) in [5, 5.41) is 4.89. The fourth-order valence-electron chi connectivity index (χ4n) is 4.78. The van der Waals surface area contributed by atoms with E-state index in [1.807, 2.05) is 17.5 Å². The summed E-state index contributed by atoms with van der Waals surface area (Å²) in [7, 11) is 0. The number of carbonyl (C=O) groups excluding carboxylic acids is 2. The molecule has 202 valence electrons. The Labute approximate surface area is 225 Å². The molecule has 10 heteroatoms. The first-order valence-electron chi connectivity index (χ1n) is 12.9. The van der Waals surface area contributed by atoms with Crippen LogP contribution < -0.4 is 5.32 Å². The smallest absolute Gasteiger partial charge is 0.290 e. The van der Waals surface area contributed by atoms with Crippen molar-refractivity contribution in [3.05, 3.63) is 81.7 Å². The number of carbonyl (C=O) groups is 2. The average Bonchev–Trinajstić information content (AvgIpc) is 3.72. The summed E-state index contributed by atoms with van der Waals surface area (Å²) in [6.45, 7) is 4.73. The molecule has 8 nitrogen and oxygen atoms in total. The van der Waals surface area contributed by atoms with Crippen LogP contribution >= 0.6 is 11.3 Å². The lowest BCUT2D eigenvalue weighted by molar-refractivity contribution is -0.126. The second-order valence-corrected chi connectivity index (χ2v) is 10.5. The lowest BCUT2D eigenvalue weighted by Crippen LogP contribution is -2.45. The maximum Gasteiger partial charge on any atom is 0.290 e. The van der Waals surface area contributed by atoms with E-state index in [4.69, 9.17) is 13.9 Å². The topological polar surface area (TPSA) is 84.2 Å². The highest BCUT2D eigenvalue weighted by Gasteiger charge is 2.34. The molecule has 2 saturated heterocycles. The minimum atomic E-state index is -0.987. The highest BCUT2D eigenvalue weighted by Crippen LogP contribution is 2.28. The number of nitrogens with one attached hydrogen (secondary N) is 1. The summed E-state index contributed by atoms with van der Waals surface area (Å²) in [6, 6.07) is 12.0. The number of thiophene rings is 1. The van der Waals surface area contributed by atoms with Crippen molar-refractivity contribution in [2.24, 2.45) is 0 Å². The molecule has 2 atom stereocenters. The van der Waals surface area contributed by atoms with Crippen LogP contribution in [-0.4, -0.2) is 67.2 Å². The van der Waals surface area contributed by atoms with Gasteiger partial charge in [0.2, 0.25) is 5.91 Å². The van der Waals surface area contributed by atoms with Gasteiger partial charge in [0, 0.05) is 31.1 Å². The monoisotopic (exact) mass is 541 g/mol. The first kappa shape index (κ1) is 26.6. The largest absolute Gasteiger partial charge is 0.455 e. The zero-order valence-corrected chi connectivity index (χ0v) is 22.0. The van der Waals surface area contributed by atoms with E-state index in [1.54, 1.807) is 24.3 Å². The number of ether oxygens (including phenoxy) is 2. The predicted molar refractivity (Wildman–Crippen MR) is 140 cm³/mol. The Kier molecular flexibility index (Phi) is 8.85. The van der Waals surface area contributed by atoms with Crippen LogP contribution in [-0.2, 0) is 27.4 Å². The summed E-state index contributed by atoms with van der Waals surface area (Å²) < 4.78 is 30.9. The maximum atomic E-state index is 13.9. The number of morpholine rings is 1. The molecule has 0 saturated carbocycles. The Morgan fingerprint density at radius 1 is 1.11 bits per heavy atom. The Hall–Kier alpha value is -3.05. The number of hydrogen-bond donors (Lipinski definition) is 1. The Balaban J connectivity index is 1.42. The third-order valence-electron chi connectivity index (χ3n) is 6.80. The van der Waals surface area contributed by atoms with Crippen LogP contribution in [0.1, 0.15) is 45.6 Å². The molecule has 0 bridgehead atoms. The van der Waals surface area contributed by atoms with E-state index in [1.165, 1.54) is 28.4 Å². The zero-order valence-electron chi connectivity index (χ0n) is 21.1. The lowest BCUT2D eigenvalue weighted by atomic mass is 10.0. The Bertz CT molecular complexity index is 1190. The first-order chi connectivity index (χ1) is 18.6. The van der Waals surface area contributed by atoms with Crippen LogP contribution in [0, 0.1) is 5.82 Å². The number of rotatable bonds is 10. The van der Waals surface area contributed by atoms with Gasteiger partial charge >= 0.3 is 0 Å². The molecule has 38 heavy (non-hydrogen) atoms. The number of hydrogen-bond acceptors (Lipinski definition) is 7. The van der Waals surface area contributed by atoms with Crippen molar-refractivity contribution >= 4 is 23.2 Å². The van der Waals surface area contributed by atoms with Gasteiger partial charge in [0.05, 0.1) is 32.4 Å². The van der Waals surface area contributed by atoms with Crippen LogP contribution in [0.2, 0.25) is 0 Å². The van der Waals surface area contributed by atoms with Crippen molar-refractivity contribution in [2.75, 3.05) is 39.5 Å².